The van der Waals surface area contributed by atoms with E-state index in [1.165, 1.54) is 6.42 Å². The minimum atomic E-state index is 0.0128. The number of urea groups is 1. The van der Waals surface area contributed by atoms with E-state index in [1.54, 1.807) is 0 Å². The molecule has 1 aliphatic rings. The molecule has 1 aromatic rings. The third kappa shape index (κ3) is 3.46. The Hall–Kier alpha value is -1.03. The number of likely N-dealkylation sites (tertiary alicyclic amines) is 1. The second-order valence-electron chi connectivity index (χ2n) is 4.63. The van der Waals surface area contributed by atoms with Crippen molar-refractivity contribution in [1.29, 1.82) is 0 Å². The zero-order valence-corrected chi connectivity index (χ0v) is 11.5. The maximum atomic E-state index is 12.0. The molecule has 3 nitrogen and oxygen atoms in total. The van der Waals surface area contributed by atoms with Gasteiger partial charge in [0.2, 0.25) is 0 Å². The lowest BCUT2D eigenvalue weighted by Gasteiger charge is -2.30. The van der Waals surface area contributed by atoms with Gasteiger partial charge in [-0.25, -0.2) is 4.79 Å². The van der Waals surface area contributed by atoms with Gasteiger partial charge in [-0.15, -0.1) is 0 Å². The van der Waals surface area contributed by atoms with Gasteiger partial charge in [0.1, 0.15) is 0 Å². The summed E-state index contributed by atoms with van der Waals surface area (Å²) in [5, 5.41) is 2.93. The fraction of sp³-hybridized carbons (Fsp3) is 0.462. The van der Waals surface area contributed by atoms with E-state index in [9.17, 15) is 4.79 Å². The van der Waals surface area contributed by atoms with Crippen LogP contribution >= 0.6 is 15.9 Å². The van der Waals surface area contributed by atoms with E-state index in [0.29, 0.717) is 5.92 Å². The molecule has 1 saturated heterocycles. The molecule has 2 amide bonds. The summed E-state index contributed by atoms with van der Waals surface area (Å²) in [5.74, 6) is 0.611. The van der Waals surface area contributed by atoms with Crippen LogP contribution in [-0.2, 0) is 0 Å². The highest BCUT2D eigenvalue weighted by atomic mass is 79.9. The van der Waals surface area contributed by atoms with Crippen molar-refractivity contribution in [2.24, 2.45) is 5.92 Å². The third-order valence-electron chi connectivity index (χ3n) is 3.04. The van der Waals surface area contributed by atoms with E-state index in [4.69, 9.17) is 0 Å². The Bertz CT molecular complexity index is 391. The molecule has 2 rings (SSSR count). The molecule has 1 fully saturated rings. The van der Waals surface area contributed by atoms with Gasteiger partial charge in [0.15, 0.2) is 0 Å². The summed E-state index contributed by atoms with van der Waals surface area (Å²) in [6.07, 6.45) is 2.33. The summed E-state index contributed by atoms with van der Waals surface area (Å²) in [5.41, 5.74) is 0.844. The van der Waals surface area contributed by atoms with Crippen molar-refractivity contribution in [3.63, 3.8) is 0 Å². The second kappa shape index (κ2) is 5.54. The average Bonchev–Trinajstić information content (AvgIpc) is 2.32. The first-order chi connectivity index (χ1) is 8.15. The van der Waals surface area contributed by atoms with Crippen molar-refractivity contribution in [2.45, 2.75) is 19.8 Å². The molecular weight excluding hydrogens is 280 g/mol. The van der Waals surface area contributed by atoms with Gasteiger partial charge in [-0.2, -0.15) is 0 Å². The van der Waals surface area contributed by atoms with Crippen LogP contribution in [0, 0.1) is 5.92 Å². The smallest absolute Gasteiger partial charge is 0.321 e. The minimum absolute atomic E-state index is 0.0128. The second-order valence-corrected chi connectivity index (χ2v) is 5.55. The Morgan fingerprint density at radius 2 is 2.12 bits per heavy atom. The van der Waals surface area contributed by atoms with Gasteiger partial charge in [-0.05, 0) is 43.0 Å². The lowest BCUT2D eigenvalue weighted by molar-refractivity contribution is 0.182. The van der Waals surface area contributed by atoms with E-state index in [2.05, 4.69) is 28.2 Å². The van der Waals surface area contributed by atoms with Crippen molar-refractivity contribution in [3.8, 4) is 0 Å². The number of carbonyl (C=O) groups excluding carboxylic acids is 1. The van der Waals surface area contributed by atoms with E-state index < -0.39 is 0 Å². The van der Waals surface area contributed by atoms with E-state index in [-0.39, 0.29) is 6.03 Å². The zero-order valence-electron chi connectivity index (χ0n) is 9.95. The highest BCUT2D eigenvalue weighted by molar-refractivity contribution is 9.10. The van der Waals surface area contributed by atoms with Crippen molar-refractivity contribution >= 4 is 27.6 Å². The number of anilines is 1. The van der Waals surface area contributed by atoms with Crippen LogP contribution in [0.25, 0.3) is 0 Å². The summed E-state index contributed by atoms with van der Waals surface area (Å²) in [4.78, 5) is 13.9. The van der Waals surface area contributed by atoms with Crippen LogP contribution in [0.5, 0.6) is 0 Å². The zero-order chi connectivity index (χ0) is 12.3. The maximum absolute atomic E-state index is 12.0. The molecule has 1 N–H and O–H groups in total. The molecule has 0 aromatic heterocycles. The maximum Gasteiger partial charge on any atom is 0.321 e. The minimum Gasteiger partial charge on any atom is -0.324 e. The third-order valence-corrected chi connectivity index (χ3v) is 3.57. The predicted octanol–water partition coefficient (Wildman–Crippen LogP) is 3.71. The number of piperidine rings is 1. The number of rotatable bonds is 1. The first-order valence-electron chi connectivity index (χ1n) is 5.96. The number of hydrogen-bond donors (Lipinski definition) is 1. The normalized spacial score (nSPS) is 20.1. The topological polar surface area (TPSA) is 32.3 Å². The van der Waals surface area contributed by atoms with E-state index >= 15 is 0 Å². The fourth-order valence-corrected chi connectivity index (χ4v) is 2.37. The predicted molar refractivity (Wildman–Crippen MR) is 73.1 cm³/mol. The lowest BCUT2D eigenvalue weighted by atomic mass is 10.0. The van der Waals surface area contributed by atoms with Crippen LogP contribution in [0.4, 0.5) is 10.5 Å². The van der Waals surface area contributed by atoms with Crippen LogP contribution in [0.1, 0.15) is 19.8 Å². The number of benzene rings is 1. The summed E-state index contributed by atoms with van der Waals surface area (Å²) in [6.45, 7) is 3.92. The van der Waals surface area contributed by atoms with Crippen molar-refractivity contribution in [1.82, 2.24) is 4.90 Å². The Morgan fingerprint density at radius 1 is 1.41 bits per heavy atom. The number of halogens is 1. The molecule has 0 unspecified atom stereocenters. The molecule has 17 heavy (non-hydrogen) atoms. The van der Waals surface area contributed by atoms with Crippen molar-refractivity contribution < 1.29 is 4.79 Å². The monoisotopic (exact) mass is 296 g/mol. The SMILES string of the molecule is C[C@@H]1CCCN(C(=O)Nc2ccc(Br)cc2)C1. The van der Waals surface area contributed by atoms with Gasteiger partial charge < -0.3 is 10.2 Å². The first kappa shape index (κ1) is 12.4. The summed E-state index contributed by atoms with van der Waals surface area (Å²) < 4.78 is 1.02. The van der Waals surface area contributed by atoms with E-state index in [0.717, 1.165) is 29.7 Å². The van der Waals surface area contributed by atoms with Gasteiger partial charge in [-0.3, -0.25) is 0 Å². The fourth-order valence-electron chi connectivity index (χ4n) is 2.11. The molecular formula is C13H17BrN2O. The molecule has 1 heterocycles. The molecule has 1 aromatic carbocycles. The average molecular weight is 297 g/mol. The Labute approximate surface area is 110 Å². The number of hydrogen-bond acceptors (Lipinski definition) is 1. The van der Waals surface area contributed by atoms with Crippen molar-refractivity contribution in [2.75, 3.05) is 18.4 Å². The number of amides is 2. The Morgan fingerprint density at radius 3 is 2.76 bits per heavy atom. The molecule has 92 valence electrons. The standard InChI is InChI=1S/C13H17BrN2O/c1-10-3-2-8-16(9-10)13(17)15-12-6-4-11(14)5-7-12/h4-7,10H,2-3,8-9H2,1H3,(H,15,17)/t10-/m1/s1. The number of nitrogens with zero attached hydrogens (tertiary/aromatic N) is 1. The van der Waals surface area contributed by atoms with Crippen LogP contribution in [0.3, 0.4) is 0 Å². The first-order valence-corrected chi connectivity index (χ1v) is 6.76. The molecule has 4 heteroatoms. The molecule has 0 aliphatic carbocycles. The largest absolute Gasteiger partial charge is 0.324 e. The van der Waals surface area contributed by atoms with Gasteiger partial charge in [0.25, 0.3) is 0 Å². The van der Waals surface area contributed by atoms with Crippen molar-refractivity contribution in [3.05, 3.63) is 28.7 Å². The van der Waals surface area contributed by atoms with Gasteiger partial charge >= 0.3 is 6.03 Å². The van der Waals surface area contributed by atoms with Crippen LogP contribution in [0.2, 0.25) is 0 Å². The highest BCUT2D eigenvalue weighted by Gasteiger charge is 2.20. The lowest BCUT2D eigenvalue weighted by Crippen LogP contribution is -2.41. The molecule has 0 bridgehead atoms. The molecule has 0 radical (unpaired) electrons. The van der Waals surface area contributed by atoms with E-state index in [1.807, 2.05) is 29.2 Å². The van der Waals surface area contributed by atoms with Gasteiger partial charge in [-0.1, -0.05) is 22.9 Å². The highest BCUT2D eigenvalue weighted by Crippen LogP contribution is 2.18. The molecule has 0 saturated carbocycles. The van der Waals surface area contributed by atoms with Crippen LogP contribution < -0.4 is 5.32 Å². The van der Waals surface area contributed by atoms with Gasteiger partial charge in [0, 0.05) is 23.2 Å². The van der Waals surface area contributed by atoms with Crippen LogP contribution in [-0.4, -0.2) is 24.0 Å². The Balaban J connectivity index is 1.94. The number of nitrogens with one attached hydrogen (secondary N) is 1. The van der Waals surface area contributed by atoms with Gasteiger partial charge in [0.05, 0.1) is 0 Å². The summed E-state index contributed by atoms with van der Waals surface area (Å²) in [7, 11) is 0. The number of carbonyl (C=O) groups is 1. The van der Waals surface area contributed by atoms with Crippen LogP contribution in [0.15, 0.2) is 28.7 Å². The summed E-state index contributed by atoms with van der Waals surface area (Å²) >= 11 is 3.37. The quantitative estimate of drug-likeness (QED) is 0.842. The summed E-state index contributed by atoms with van der Waals surface area (Å²) in [6, 6.07) is 7.66. The molecule has 1 atom stereocenters. The molecule has 0 spiro atoms. The molecule has 1 aliphatic heterocycles. The Kier molecular flexibility index (Phi) is 4.05.